The summed E-state index contributed by atoms with van der Waals surface area (Å²) in [4.78, 5) is 12.0. The molecule has 2 rings (SSSR count). The number of rotatable bonds is 4. The maximum Gasteiger partial charge on any atom is 0.241 e. The molecular formula is C13H18N2O3. The van der Waals surface area contributed by atoms with Gasteiger partial charge in [-0.05, 0) is 31.5 Å². The molecule has 1 unspecified atom stereocenters. The second kappa shape index (κ2) is 5.73. The van der Waals surface area contributed by atoms with Crippen LogP contribution in [0.5, 0.6) is 11.5 Å². The summed E-state index contributed by atoms with van der Waals surface area (Å²) < 4.78 is 10.3. The number of carbonyl (C=O) groups excluding carboxylic acids is 1. The largest absolute Gasteiger partial charge is 0.497 e. The predicted octanol–water partition coefficient (Wildman–Crippen LogP) is 1.39. The highest BCUT2D eigenvalue weighted by molar-refractivity contribution is 5.96. The lowest BCUT2D eigenvalue weighted by Crippen LogP contribution is -2.35. The van der Waals surface area contributed by atoms with E-state index >= 15 is 0 Å². The number of hydrogen-bond acceptors (Lipinski definition) is 4. The molecule has 0 aromatic heterocycles. The number of anilines is 1. The topological polar surface area (TPSA) is 59.6 Å². The molecule has 1 heterocycles. The number of hydrogen-bond donors (Lipinski definition) is 2. The molecule has 1 aliphatic rings. The summed E-state index contributed by atoms with van der Waals surface area (Å²) in [5, 5.41) is 6.03. The lowest BCUT2D eigenvalue weighted by atomic mass is 10.2. The van der Waals surface area contributed by atoms with Gasteiger partial charge in [0.25, 0.3) is 0 Å². The molecule has 0 radical (unpaired) electrons. The van der Waals surface area contributed by atoms with Gasteiger partial charge in [-0.3, -0.25) is 4.79 Å². The molecular weight excluding hydrogens is 232 g/mol. The molecule has 0 bridgehead atoms. The third kappa shape index (κ3) is 2.73. The second-order valence-electron chi connectivity index (χ2n) is 4.20. The van der Waals surface area contributed by atoms with E-state index < -0.39 is 0 Å². The molecule has 1 atom stereocenters. The Morgan fingerprint density at radius 2 is 2.22 bits per heavy atom. The Morgan fingerprint density at radius 1 is 1.39 bits per heavy atom. The fourth-order valence-corrected chi connectivity index (χ4v) is 2.03. The highest BCUT2D eigenvalue weighted by Gasteiger charge is 2.22. The van der Waals surface area contributed by atoms with E-state index in [0.717, 1.165) is 19.4 Å². The molecule has 1 aromatic carbocycles. The summed E-state index contributed by atoms with van der Waals surface area (Å²) in [7, 11) is 3.16. The van der Waals surface area contributed by atoms with Crippen LogP contribution in [0.1, 0.15) is 12.8 Å². The molecule has 2 N–H and O–H groups in total. The second-order valence-corrected chi connectivity index (χ2v) is 4.20. The number of benzene rings is 1. The van der Waals surface area contributed by atoms with Crippen molar-refractivity contribution in [2.24, 2.45) is 0 Å². The number of methoxy groups -OCH3 is 2. The van der Waals surface area contributed by atoms with Gasteiger partial charge in [-0.2, -0.15) is 0 Å². The van der Waals surface area contributed by atoms with Gasteiger partial charge in [0, 0.05) is 6.07 Å². The zero-order valence-electron chi connectivity index (χ0n) is 10.7. The number of carbonyl (C=O) groups is 1. The van der Waals surface area contributed by atoms with Gasteiger partial charge in [0.05, 0.1) is 25.9 Å². The van der Waals surface area contributed by atoms with Crippen LogP contribution in [0, 0.1) is 0 Å². The first-order valence-corrected chi connectivity index (χ1v) is 6.01. The van der Waals surface area contributed by atoms with Crippen LogP contribution in [0.4, 0.5) is 5.69 Å². The smallest absolute Gasteiger partial charge is 0.241 e. The van der Waals surface area contributed by atoms with Crippen LogP contribution in [0.25, 0.3) is 0 Å². The van der Waals surface area contributed by atoms with Gasteiger partial charge in [0.2, 0.25) is 5.91 Å². The molecule has 18 heavy (non-hydrogen) atoms. The summed E-state index contributed by atoms with van der Waals surface area (Å²) in [5.41, 5.74) is 0.664. The molecule has 0 aliphatic carbocycles. The van der Waals surface area contributed by atoms with Crippen molar-refractivity contribution in [1.82, 2.24) is 5.32 Å². The van der Waals surface area contributed by atoms with Crippen molar-refractivity contribution in [2.45, 2.75) is 18.9 Å². The molecule has 5 nitrogen and oxygen atoms in total. The van der Waals surface area contributed by atoms with Gasteiger partial charge >= 0.3 is 0 Å². The summed E-state index contributed by atoms with van der Waals surface area (Å²) in [5.74, 6) is 1.28. The zero-order valence-corrected chi connectivity index (χ0v) is 10.7. The van der Waals surface area contributed by atoms with Crippen LogP contribution in [0.15, 0.2) is 18.2 Å². The average Bonchev–Trinajstić information content (AvgIpc) is 2.93. The van der Waals surface area contributed by atoms with Gasteiger partial charge in [-0.25, -0.2) is 0 Å². The maximum absolute atomic E-state index is 12.0. The Hall–Kier alpha value is -1.75. The van der Waals surface area contributed by atoms with Crippen LogP contribution >= 0.6 is 0 Å². The minimum atomic E-state index is -0.100. The van der Waals surface area contributed by atoms with Gasteiger partial charge in [0.1, 0.15) is 11.5 Å². The Kier molecular flexibility index (Phi) is 4.04. The lowest BCUT2D eigenvalue weighted by Gasteiger charge is -2.14. The van der Waals surface area contributed by atoms with Crippen molar-refractivity contribution in [3.8, 4) is 11.5 Å². The first-order valence-electron chi connectivity index (χ1n) is 6.01. The molecule has 1 aromatic rings. The molecule has 5 heteroatoms. The summed E-state index contributed by atoms with van der Waals surface area (Å²) in [6.07, 6.45) is 1.92. The third-order valence-electron chi connectivity index (χ3n) is 3.04. The van der Waals surface area contributed by atoms with Gasteiger partial charge in [-0.15, -0.1) is 0 Å². The predicted molar refractivity (Wildman–Crippen MR) is 69.2 cm³/mol. The Balaban J connectivity index is 2.10. The minimum absolute atomic E-state index is 0.0176. The van der Waals surface area contributed by atoms with E-state index in [2.05, 4.69) is 10.6 Å². The summed E-state index contributed by atoms with van der Waals surface area (Å²) >= 11 is 0. The van der Waals surface area contributed by atoms with Crippen molar-refractivity contribution in [2.75, 3.05) is 26.1 Å². The van der Waals surface area contributed by atoms with Crippen LogP contribution in [-0.2, 0) is 4.79 Å². The van der Waals surface area contributed by atoms with Gasteiger partial charge in [0.15, 0.2) is 0 Å². The Morgan fingerprint density at radius 3 is 2.83 bits per heavy atom. The molecule has 1 saturated heterocycles. The highest BCUT2D eigenvalue weighted by Crippen LogP contribution is 2.29. The van der Waals surface area contributed by atoms with Crippen molar-refractivity contribution in [3.63, 3.8) is 0 Å². The number of ether oxygens (including phenoxy) is 2. The van der Waals surface area contributed by atoms with Crippen LogP contribution in [0.2, 0.25) is 0 Å². The van der Waals surface area contributed by atoms with Crippen LogP contribution in [-0.4, -0.2) is 32.7 Å². The van der Waals surface area contributed by atoms with Crippen molar-refractivity contribution < 1.29 is 14.3 Å². The first-order chi connectivity index (χ1) is 8.74. The standard InChI is InChI=1S/C13H18N2O3/c1-17-9-5-6-10(12(8-9)18-2)15-13(16)11-4-3-7-14-11/h5-6,8,11,14H,3-4,7H2,1-2H3,(H,15,16). The van der Waals surface area contributed by atoms with E-state index in [0.29, 0.717) is 17.2 Å². The Labute approximate surface area is 106 Å². The van der Waals surface area contributed by atoms with Gasteiger partial charge < -0.3 is 20.1 Å². The summed E-state index contributed by atoms with van der Waals surface area (Å²) in [6, 6.07) is 5.22. The maximum atomic E-state index is 12.0. The van der Waals surface area contributed by atoms with E-state index in [1.165, 1.54) is 0 Å². The molecule has 1 amide bonds. The fraction of sp³-hybridized carbons (Fsp3) is 0.462. The molecule has 1 aliphatic heterocycles. The highest BCUT2D eigenvalue weighted by atomic mass is 16.5. The van der Waals surface area contributed by atoms with E-state index in [1.807, 2.05) is 0 Å². The molecule has 0 spiro atoms. The lowest BCUT2D eigenvalue weighted by molar-refractivity contribution is -0.117. The zero-order chi connectivity index (χ0) is 13.0. The van der Waals surface area contributed by atoms with Crippen LogP contribution < -0.4 is 20.1 Å². The van der Waals surface area contributed by atoms with E-state index in [-0.39, 0.29) is 11.9 Å². The monoisotopic (exact) mass is 250 g/mol. The van der Waals surface area contributed by atoms with Crippen molar-refractivity contribution in [1.29, 1.82) is 0 Å². The van der Waals surface area contributed by atoms with Gasteiger partial charge in [-0.1, -0.05) is 0 Å². The summed E-state index contributed by atoms with van der Waals surface area (Å²) in [6.45, 7) is 0.901. The van der Waals surface area contributed by atoms with E-state index in [4.69, 9.17) is 9.47 Å². The van der Waals surface area contributed by atoms with Crippen molar-refractivity contribution >= 4 is 11.6 Å². The average molecular weight is 250 g/mol. The quantitative estimate of drug-likeness (QED) is 0.848. The SMILES string of the molecule is COc1ccc(NC(=O)C2CCCN2)c(OC)c1. The Bertz CT molecular complexity index is 428. The fourth-order valence-electron chi connectivity index (χ4n) is 2.03. The van der Waals surface area contributed by atoms with E-state index in [9.17, 15) is 4.79 Å². The number of nitrogens with one attached hydrogen (secondary N) is 2. The molecule has 1 fully saturated rings. The van der Waals surface area contributed by atoms with Crippen LogP contribution in [0.3, 0.4) is 0 Å². The molecule has 98 valence electrons. The number of amides is 1. The normalized spacial score (nSPS) is 18.4. The van der Waals surface area contributed by atoms with Crippen molar-refractivity contribution in [3.05, 3.63) is 18.2 Å². The minimum Gasteiger partial charge on any atom is -0.497 e. The van der Waals surface area contributed by atoms with E-state index in [1.54, 1.807) is 32.4 Å². The first kappa shape index (κ1) is 12.7. The third-order valence-corrected chi connectivity index (χ3v) is 3.04. The molecule has 0 saturated carbocycles.